The number of rotatable bonds is 6. The van der Waals surface area contributed by atoms with E-state index in [1.165, 1.54) is 11.3 Å². The fraction of sp³-hybridized carbons (Fsp3) is 0.0952. The van der Waals surface area contributed by atoms with E-state index in [0.717, 1.165) is 11.1 Å². The zero-order valence-electron chi connectivity index (χ0n) is 15.7. The maximum absolute atomic E-state index is 12.2. The number of thiophene rings is 1. The van der Waals surface area contributed by atoms with E-state index in [1.54, 1.807) is 61.5 Å². The van der Waals surface area contributed by atoms with E-state index in [2.05, 4.69) is 15.8 Å². The van der Waals surface area contributed by atoms with E-state index in [0.29, 0.717) is 30.7 Å². The van der Waals surface area contributed by atoms with Crippen LogP contribution in [0.25, 0.3) is 0 Å². The van der Waals surface area contributed by atoms with Crippen molar-refractivity contribution in [1.82, 2.24) is 5.43 Å². The van der Waals surface area contributed by atoms with Crippen molar-refractivity contribution < 1.29 is 9.59 Å². The van der Waals surface area contributed by atoms with Crippen LogP contribution in [0.4, 0.5) is 5.69 Å². The van der Waals surface area contributed by atoms with Gasteiger partial charge in [0.05, 0.1) is 31.4 Å². The first-order valence-corrected chi connectivity index (χ1v) is 10.7. The van der Waals surface area contributed by atoms with Crippen LogP contribution in [-0.2, 0) is 11.2 Å². The molecule has 0 aliphatic rings. The molecule has 2 amide bonds. The van der Waals surface area contributed by atoms with E-state index in [1.807, 2.05) is 0 Å². The molecule has 0 radical (unpaired) electrons. The van der Waals surface area contributed by atoms with Crippen LogP contribution in [0.5, 0.6) is 0 Å². The number of benzene rings is 2. The summed E-state index contributed by atoms with van der Waals surface area (Å²) in [6, 6.07) is 15.5. The third-order valence-corrected chi connectivity index (χ3v) is 6.02. The van der Waals surface area contributed by atoms with E-state index >= 15 is 0 Å². The molecule has 3 aromatic rings. The van der Waals surface area contributed by atoms with Crippen LogP contribution in [-0.4, -0.2) is 17.5 Å². The SMILES string of the molecule is CC(=NNC(=O)Cc1ccc(Cl)c(Cl)c1)c1ccc(NC(=O)c2ccc(Cl)s2)cc1. The Labute approximate surface area is 192 Å². The largest absolute Gasteiger partial charge is 0.321 e. The predicted molar refractivity (Wildman–Crippen MR) is 124 cm³/mol. The number of nitrogens with zero attached hydrogens (tertiary/aromatic N) is 1. The molecule has 2 aromatic carbocycles. The lowest BCUT2D eigenvalue weighted by molar-refractivity contribution is -0.120. The summed E-state index contributed by atoms with van der Waals surface area (Å²) in [6.07, 6.45) is 0.130. The molecule has 9 heteroatoms. The number of hydrogen-bond donors (Lipinski definition) is 2. The fourth-order valence-corrected chi connectivity index (χ4v) is 3.77. The molecule has 0 unspecified atom stereocenters. The molecule has 5 nitrogen and oxygen atoms in total. The Morgan fingerprint density at radius 1 is 0.967 bits per heavy atom. The smallest absolute Gasteiger partial charge is 0.265 e. The molecule has 0 aliphatic heterocycles. The maximum atomic E-state index is 12.2. The van der Waals surface area contributed by atoms with Gasteiger partial charge < -0.3 is 5.32 Å². The Bertz CT molecular complexity index is 1110. The van der Waals surface area contributed by atoms with Crippen LogP contribution in [0.1, 0.15) is 27.7 Å². The summed E-state index contributed by atoms with van der Waals surface area (Å²) >= 11 is 18.9. The summed E-state index contributed by atoms with van der Waals surface area (Å²) in [4.78, 5) is 24.8. The van der Waals surface area contributed by atoms with Gasteiger partial charge >= 0.3 is 0 Å². The highest BCUT2D eigenvalue weighted by Gasteiger charge is 2.09. The molecule has 0 saturated carbocycles. The van der Waals surface area contributed by atoms with Crippen molar-refractivity contribution in [3.63, 3.8) is 0 Å². The molecule has 0 saturated heterocycles. The van der Waals surface area contributed by atoms with Crippen molar-refractivity contribution in [2.24, 2.45) is 5.10 Å². The van der Waals surface area contributed by atoms with Gasteiger partial charge in [0.1, 0.15) is 0 Å². The highest BCUT2D eigenvalue weighted by molar-refractivity contribution is 7.18. The minimum Gasteiger partial charge on any atom is -0.321 e. The molecule has 30 heavy (non-hydrogen) atoms. The lowest BCUT2D eigenvalue weighted by Crippen LogP contribution is -2.21. The molecule has 0 aliphatic carbocycles. The average Bonchev–Trinajstić information content (AvgIpc) is 3.16. The summed E-state index contributed by atoms with van der Waals surface area (Å²) < 4.78 is 0.559. The summed E-state index contributed by atoms with van der Waals surface area (Å²) in [5.41, 5.74) is 5.34. The zero-order valence-corrected chi connectivity index (χ0v) is 18.8. The molecule has 0 fully saturated rings. The summed E-state index contributed by atoms with van der Waals surface area (Å²) in [5, 5.41) is 7.77. The number of nitrogens with one attached hydrogen (secondary N) is 2. The fourth-order valence-electron chi connectivity index (χ4n) is 2.51. The van der Waals surface area contributed by atoms with Crippen molar-refractivity contribution >= 4 is 69.4 Å². The Balaban J connectivity index is 1.57. The van der Waals surface area contributed by atoms with Gasteiger partial charge in [-0.2, -0.15) is 5.10 Å². The van der Waals surface area contributed by atoms with Gasteiger partial charge in [-0.1, -0.05) is 53.0 Å². The third-order valence-electron chi connectivity index (χ3n) is 4.05. The highest BCUT2D eigenvalue weighted by atomic mass is 35.5. The first-order chi connectivity index (χ1) is 14.3. The Hall–Kier alpha value is -2.38. The van der Waals surface area contributed by atoms with Crippen molar-refractivity contribution in [2.45, 2.75) is 13.3 Å². The van der Waals surface area contributed by atoms with Crippen LogP contribution in [0.15, 0.2) is 59.7 Å². The molecule has 0 bridgehead atoms. The van der Waals surface area contributed by atoms with E-state index in [4.69, 9.17) is 34.8 Å². The number of carbonyl (C=O) groups is 2. The van der Waals surface area contributed by atoms with Gasteiger partial charge in [-0.05, 0) is 54.4 Å². The van der Waals surface area contributed by atoms with Gasteiger partial charge in [0.25, 0.3) is 5.91 Å². The van der Waals surface area contributed by atoms with Gasteiger partial charge in [-0.15, -0.1) is 11.3 Å². The molecule has 2 N–H and O–H groups in total. The molecular formula is C21H16Cl3N3O2S. The molecule has 154 valence electrons. The first-order valence-electron chi connectivity index (χ1n) is 8.76. The Morgan fingerprint density at radius 2 is 1.70 bits per heavy atom. The molecular weight excluding hydrogens is 465 g/mol. The van der Waals surface area contributed by atoms with Crippen molar-refractivity contribution in [2.75, 3.05) is 5.32 Å². The number of hydrazone groups is 1. The summed E-state index contributed by atoms with van der Waals surface area (Å²) in [7, 11) is 0. The standard InChI is InChI=1S/C21H16Cl3N3O2S/c1-12(26-27-20(28)11-13-2-7-16(22)17(23)10-13)14-3-5-15(6-4-14)25-21(29)18-8-9-19(24)30-18/h2-10H,11H2,1H3,(H,25,29)(H,27,28). The maximum Gasteiger partial charge on any atom is 0.265 e. The second-order valence-electron chi connectivity index (χ2n) is 6.29. The van der Waals surface area contributed by atoms with Crippen molar-refractivity contribution in [3.8, 4) is 0 Å². The summed E-state index contributed by atoms with van der Waals surface area (Å²) in [6.45, 7) is 1.78. The van der Waals surface area contributed by atoms with Crippen molar-refractivity contribution in [3.05, 3.63) is 85.0 Å². The van der Waals surface area contributed by atoms with Gasteiger partial charge in [-0.3, -0.25) is 9.59 Å². The Kier molecular flexibility index (Phi) is 7.50. The average molecular weight is 481 g/mol. The molecule has 0 spiro atoms. The topological polar surface area (TPSA) is 70.6 Å². The number of anilines is 1. The lowest BCUT2D eigenvalue weighted by Gasteiger charge is -2.06. The van der Waals surface area contributed by atoms with E-state index in [9.17, 15) is 9.59 Å². The van der Waals surface area contributed by atoms with Crippen LogP contribution >= 0.6 is 46.1 Å². The minimum atomic E-state index is -0.272. The van der Waals surface area contributed by atoms with Crippen LogP contribution in [0.2, 0.25) is 14.4 Å². The highest BCUT2D eigenvalue weighted by Crippen LogP contribution is 2.23. The lowest BCUT2D eigenvalue weighted by atomic mass is 10.1. The number of carbonyl (C=O) groups excluding carboxylic acids is 2. The third kappa shape index (κ3) is 6.06. The van der Waals surface area contributed by atoms with Crippen LogP contribution in [0.3, 0.4) is 0 Å². The molecule has 0 atom stereocenters. The van der Waals surface area contributed by atoms with Gasteiger partial charge in [0.15, 0.2) is 0 Å². The number of hydrogen-bond acceptors (Lipinski definition) is 4. The second kappa shape index (κ2) is 10.1. The van der Waals surface area contributed by atoms with E-state index < -0.39 is 0 Å². The monoisotopic (exact) mass is 479 g/mol. The first kappa shape index (κ1) is 22.3. The molecule has 1 heterocycles. The van der Waals surface area contributed by atoms with Gasteiger partial charge in [-0.25, -0.2) is 5.43 Å². The normalized spacial score (nSPS) is 11.3. The van der Waals surface area contributed by atoms with Crippen LogP contribution in [0, 0.1) is 0 Å². The second-order valence-corrected chi connectivity index (χ2v) is 8.82. The Morgan fingerprint density at radius 3 is 2.33 bits per heavy atom. The zero-order chi connectivity index (χ0) is 21.7. The minimum absolute atomic E-state index is 0.130. The summed E-state index contributed by atoms with van der Waals surface area (Å²) in [5.74, 6) is -0.495. The number of halogens is 3. The van der Waals surface area contributed by atoms with Crippen LogP contribution < -0.4 is 10.7 Å². The quantitative estimate of drug-likeness (QED) is 0.333. The van der Waals surface area contributed by atoms with Crippen molar-refractivity contribution in [1.29, 1.82) is 0 Å². The molecule has 3 rings (SSSR count). The van der Waals surface area contributed by atoms with E-state index in [-0.39, 0.29) is 18.2 Å². The van der Waals surface area contributed by atoms with Gasteiger partial charge in [0.2, 0.25) is 5.91 Å². The van der Waals surface area contributed by atoms with Gasteiger partial charge in [0, 0.05) is 5.69 Å². The predicted octanol–water partition coefficient (Wildman–Crippen LogP) is 6.04. The molecule has 1 aromatic heterocycles. The number of amides is 2.